The van der Waals surface area contributed by atoms with Crippen molar-refractivity contribution in [3.05, 3.63) is 93.7 Å². The molecule has 0 fully saturated rings. The van der Waals surface area contributed by atoms with Gasteiger partial charge >= 0.3 is 11.9 Å². The van der Waals surface area contributed by atoms with Crippen molar-refractivity contribution in [3.8, 4) is 5.75 Å². The quantitative estimate of drug-likeness (QED) is 0.262. The van der Waals surface area contributed by atoms with E-state index in [2.05, 4.69) is 36.9 Å². The number of ether oxygens (including phenoxy) is 1. The molecule has 0 radical (unpaired) electrons. The molecular formula is C25H16Br2N2O6S. The number of hydrogen-bond donors (Lipinski definition) is 1. The second kappa shape index (κ2) is 9.30. The lowest BCUT2D eigenvalue weighted by molar-refractivity contribution is -0.133. The lowest BCUT2D eigenvalue weighted by atomic mass is 10.0. The van der Waals surface area contributed by atoms with E-state index in [9.17, 15) is 19.5 Å². The molecule has 1 unspecified atom stereocenters. The molecule has 2 aromatic carbocycles. The summed E-state index contributed by atoms with van der Waals surface area (Å²) in [4.78, 5) is 42.0. The van der Waals surface area contributed by atoms with Crippen molar-refractivity contribution in [1.29, 1.82) is 0 Å². The fourth-order valence-corrected chi connectivity index (χ4v) is 6.49. The Kier molecular flexibility index (Phi) is 6.31. The first kappa shape index (κ1) is 24.4. The minimum atomic E-state index is -1.18. The van der Waals surface area contributed by atoms with Gasteiger partial charge in [-0.05, 0) is 74.7 Å². The molecule has 3 heterocycles. The molecule has 8 nitrogen and oxygen atoms in total. The fraction of sp³-hybridized carbons (Fsp3) is 0.120. The Hall–Kier alpha value is -3.28. The average molecular weight is 632 g/mol. The smallest absolute Gasteiger partial charge is 0.336 e. The van der Waals surface area contributed by atoms with Crippen LogP contribution in [0.3, 0.4) is 0 Å². The molecule has 0 aliphatic carbocycles. The molecule has 1 aliphatic rings. The maximum Gasteiger partial charge on any atom is 0.336 e. The van der Waals surface area contributed by atoms with Crippen LogP contribution in [0.25, 0.3) is 17.0 Å². The number of hydrogen-bond acceptors (Lipinski definition) is 7. The number of halogens is 2. The highest BCUT2D eigenvalue weighted by Crippen LogP contribution is 2.36. The minimum absolute atomic E-state index is 0.0239. The summed E-state index contributed by atoms with van der Waals surface area (Å²) in [5.41, 5.74) is 1.13. The number of allylic oxidation sites excluding steroid dienone is 1. The number of carbonyl (C=O) groups is 2. The van der Waals surface area contributed by atoms with Crippen molar-refractivity contribution in [1.82, 2.24) is 4.57 Å². The van der Waals surface area contributed by atoms with Crippen molar-refractivity contribution in [2.45, 2.75) is 19.9 Å². The van der Waals surface area contributed by atoms with Crippen LogP contribution in [0.1, 0.15) is 31.2 Å². The average Bonchev–Trinajstić information content (AvgIpc) is 3.36. The van der Waals surface area contributed by atoms with E-state index in [4.69, 9.17) is 9.15 Å². The number of aromatic nitrogens is 1. The summed E-state index contributed by atoms with van der Waals surface area (Å²) in [5, 5.41) is 10.8. The fourth-order valence-electron chi connectivity index (χ4n) is 4.06. The van der Waals surface area contributed by atoms with Crippen LogP contribution in [0.2, 0.25) is 0 Å². The maximum atomic E-state index is 13.6. The Bertz CT molecular complexity index is 1740. The number of thiazole rings is 1. The van der Waals surface area contributed by atoms with E-state index in [1.165, 1.54) is 11.5 Å². The predicted octanol–water partition coefficient (Wildman–Crippen LogP) is 4.52. The van der Waals surface area contributed by atoms with E-state index in [-0.39, 0.29) is 5.57 Å². The molecule has 5 rings (SSSR count). The molecule has 1 atom stereocenters. The second-order valence-electron chi connectivity index (χ2n) is 7.98. The molecule has 2 aromatic heterocycles. The van der Waals surface area contributed by atoms with Gasteiger partial charge in [-0.3, -0.25) is 14.2 Å². The molecule has 11 heteroatoms. The summed E-state index contributed by atoms with van der Waals surface area (Å²) in [7, 11) is 0. The van der Waals surface area contributed by atoms with Gasteiger partial charge in [0.2, 0.25) is 0 Å². The summed E-state index contributed by atoms with van der Waals surface area (Å²) in [6.07, 6.45) is 1.67. The number of aliphatic carboxylic acids is 1. The number of rotatable bonds is 4. The van der Waals surface area contributed by atoms with Gasteiger partial charge in [0.15, 0.2) is 10.6 Å². The lowest BCUT2D eigenvalue weighted by Gasteiger charge is -2.20. The SMILES string of the molecule is CC(=O)Oc1c(Br)cc(/C=c2\sc3n(c2=O)C(c2cc4ccccc4o2)C(C(=O)O)=C(C)N=3)cc1Br. The van der Waals surface area contributed by atoms with Gasteiger partial charge in [-0.15, -0.1) is 0 Å². The van der Waals surface area contributed by atoms with Crippen LogP contribution in [-0.4, -0.2) is 21.6 Å². The predicted molar refractivity (Wildman–Crippen MR) is 141 cm³/mol. The van der Waals surface area contributed by atoms with Crippen LogP contribution < -0.4 is 19.6 Å². The molecule has 0 saturated heterocycles. The Morgan fingerprint density at radius 3 is 2.53 bits per heavy atom. The molecule has 36 heavy (non-hydrogen) atoms. The molecule has 1 aliphatic heterocycles. The summed E-state index contributed by atoms with van der Waals surface area (Å²) in [6, 6.07) is 11.5. The van der Waals surface area contributed by atoms with E-state index in [1.807, 2.05) is 18.2 Å². The molecule has 0 amide bonds. The first-order chi connectivity index (χ1) is 17.1. The zero-order chi connectivity index (χ0) is 25.7. The van der Waals surface area contributed by atoms with Crippen molar-refractivity contribution < 1.29 is 23.8 Å². The lowest BCUT2D eigenvalue weighted by Crippen LogP contribution is -2.39. The van der Waals surface area contributed by atoms with Gasteiger partial charge in [0.05, 0.1) is 24.7 Å². The van der Waals surface area contributed by atoms with Gasteiger partial charge in [-0.1, -0.05) is 29.5 Å². The van der Waals surface area contributed by atoms with E-state index >= 15 is 0 Å². The van der Waals surface area contributed by atoms with Crippen LogP contribution in [0.15, 0.2) is 76.9 Å². The summed E-state index contributed by atoms with van der Waals surface area (Å²) < 4.78 is 14.0. The number of benzene rings is 2. The van der Waals surface area contributed by atoms with Crippen LogP contribution >= 0.6 is 43.2 Å². The van der Waals surface area contributed by atoms with Gasteiger partial charge in [0.1, 0.15) is 17.4 Å². The van der Waals surface area contributed by atoms with Crippen molar-refractivity contribution in [3.63, 3.8) is 0 Å². The zero-order valence-corrected chi connectivity index (χ0v) is 22.7. The van der Waals surface area contributed by atoms with Gasteiger partial charge in [0, 0.05) is 12.3 Å². The molecular weight excluding hydrogens is 616 g/mol. The first-order valence-electron chi connectivity index (χ1n) is 10.6. The van der Waals surface area contributed by atoms with E-state index in [1.54, 1.807) is 37.3 Å². The third-order valence-electron chi connectivity index (χ3n) is 5.53. The van der Waals surface area contributed by atoms with Crippen LogP contribution in [0, 0.1) is 0 Å². The summed E-state index contributed by atoms with van der Waals surface area (Å²) in [6.45, 7) is 2.91. The molecule has 1 N–H and O–H groups in total. The zero-order valence-electron chi connectivity index (χ0n) is 18.7. The summed E-state index contributed by atoms with van der Waals surface area (Å²) >= 11 is 7.94. The maximum absolute atomic E-state index is 13.6. The minimum Gasteiger partial charge on any atom is -0.478 e. The highest BCUT2D eigenvalue weighted by atomic mass is 79.9. The largest absolute Gasteiger partial charge is 0.478 e. The van der Waals surface area contributed by atoms with Gasteiger partial charge < -0.3 is 14.3 Å². The second-order valence-corrected chi connectivity index (χ2v) is 10.7. The van der Waals surface area contributed by atoms with Crippen LogP contribution in [-0.2, 0) is 9.59 Å². The van der Waals surface area contributed by atoms with Crippen LogP contribution in [0.4, 0.5) is 0 Å². The van der Waals surface area contributed by atoms with E-state index in [0.717, 1.165) is 16.7 Å². The van der Waals surface area contributed by atoms with Gasteiger partial charge in [-0.2, -0.15) is 0 Å². The van der Waals surface area contributed by atoms with Gasteiger partial charge in [-0.25, -0.2) is 9.79 Å². The number of fused-ring (bicyclic) bond motifs is 2. The van der Waals surface area contributed by atoms with Crippen molar-refractivity contribution in [2.75, 3.05) is 0 Å². The third kappa shape index (κ3) is 4.27. The Morgan fingerprint density at radius 2 is 1.89 bits per heavy atom. The molecule has 0 bridgehead atoms. The van der Waals surface area contributed by atoms with Crippen molar-refractivity contribution >= 4 is 72.2 Å². The number of carboxylic acids is 1. The number of nitrogens with zero attached hydrogens (tertiary/aromatic N) is 2. The number of carboxylic acid groups (broad SMARTS) is 1. The highest BCUT2D eigenvalue weighted by molar-refractivity contribution is 9.11. The number of esters is 1. The Morgan fingerprint density at radius 1 is 1.19 bits per heavy atom. The first-order valence-corrected chi connectivity index (χ1v) is 13.0. The monoisotopic (exact) mass is 630 g/mol. The molecule has 0 spiro atoms. The summed E-state index contributed by atoms with van der Waals surface area (Å²) in [5.74, 6) is -0.975. The number of carbonyl (C=O) groups excluding carboxylic acids is 1. The molecule has 182 valence electrons. The number of furan rings is 1. The van der Waals surface area contributed by atoms with Crippen molar-refractivity contribution in [2.24, 2.45) is 4.99 Å². The van der Waals surface area contributed by atoms with E-state index in [0.29, 0.717) is 46.6 Å². The number of para-hydroxylation sites is 1. The third-order valence-corrected chi connectivity index (χ3v) is 7.69. The molecule has 0 saturated carbocycles. The Balaban J connectivity index is 1.70. The molecule has 4 aromatic rings. The Labute approximate surface area is 224 Å². The normalized spacial score (nSPS) is 15.7. The topological polar surface area (TPSA) is 111 Å². The van der Waals surface area contributed by atoms with E-state index < -0.39 is 23.5 Å². The van der Waals surface area contributed by atoms with Crippen LogP contribution in [0.5, 0.6) is 5.75 Å². The highest BCUT2D eigenvalue weighted by Gasteiger charge is 2.34. The standard InChI is InChI=1S/C25H16Br2N2O6S/c1-11-20(24(32)33)21(18-10-14-5-3-4-6-17(14)35-18)29-23(31)19(36-25(29)28-11)9-13-7-15(26)22(16(27)8-13)34-12(2)30/h3-10,21H,1-2H3,(H,32,33)/b19-9-. The van der Waals surface area contributed by atoms with Gasteiger partial charge in [0.25, 0.3) is 5.56 Å².